The maximum atomic E-state index is 3.54. The summed E-state index contributed by atoms with van der Waals surface area (Å²) in [6.07, 6.45) is 4.10. The molecule has 0 amide bonds. The van der Waals surface area contributed by atoms with Gasteiger partial charge < -0.3 is 5.32 Å². The number of piperidine rings is 1. The second-order valence-electron chi connectivity index (χ2n) is 6.23. The third-order valence-corrected chi connectivity index (χ3v) is 4.74. The molecule has 0 radical (unpaired) electrons. The van der Waals surface area contributed by atoms with Gasteiger partial charge in [0, 0.05) is 6.54 Å². The quantitative estimate of drug-likeness (QED) is 0.818. The Kier molecular flexibility index (Phi) is 6.55. The fraction of sp³-hybridized carbons (Fsp3) is 0.667. The Morgan fingerprint density at radius 2 is 2.10 bits per heavy atom. The van der Waals surface area contributed by atoms with Crippen LogP contribution in [0.4, 0.5) is 0 Å². The summed E-state index contributed by atoms with van der Waals surface area (Å²) in [5, 5.41) is 3.54. The summed E-state index contributed by atoms with van der Waals surface area (Å²) in [6.45, 7) is 10.6. The number of hydrogen-bond acceptors (Lipinski definition) is 2. The molecule has 1 heterocycles. The smallest absolute Gasteiger partial charge is 0.0233 e. The topological polar surface area (TPSA) is 15.3 Å². The largest absolute Gasteiger partial charge is 0.316 e. The zero-order valence-electron chi connectivity index (χ0n) is 13.1. The first kappa shape index (κ1) is 15.5. The van der Waals surface area contributed by atoms with E-state index >= 15 is 0 Å². The lowest BCUT2D eigenvalue weighted by atomic mass is 9.85. The fourth-order valence-electron chi connectivity index (χ4n) is 3.18. The molecule has 2 nitrogen and oxygen atoms in total. The molecule has 2 unspecified atom stereocenters. The predicted octanol–water partition coefficient (Wildman–Crippen LogP) is 3.53. The van der Waals surface area contributed by atoms with Gasteiger partial charge in [0.2, 0.25) is 0 Å². The third kappa shape index (κ3) is 4.92. The molecule has 0 bridgehead atoms. The second-order valence-corrected chi connectivity index (χ2v) is 6.23. The van der Waals surface area contributed by atoms with Crippen molar-refractivity contribution in [3.05, 3.63) is 35.9 Å². The van der Waals surface area contributed by atoms with E-state index in [9.17, 15) is 0 Å². The molecular weight excluding hydrogens is 244 g/mol. The van der Waals surface area contributed by atoms with Gasteiger partial charge in [0.05, 0.1) is 0 Å². The number of nitrogens with one attached hydrogen (secondary N) is 1. The van der Waals surface area contributed by atoms with Crippen molar-refractivity contribution in [3.63, 3.8) is 0 Å². The van der Waals surface area contributed by atoms with E-state index in [1.165, 1.54) is 44.5 Å². The van der Waals surface area contributed by atoms with Crippen LogP contribution in [0.1, 0.15) is 38.7 Å². The van der Waals surface area contributed by atoms with E-state index in [0.717, 1.165) is 24.9 Å². The van der Waals surface area contributed by atoms with Crippen LogP contribution in [0, 0.1) is 11.8 Å². The maximum absolute atomic E-state index is 3.54. The van der Waals surface area contributed by atoms with Crippen molar-refractivity contribution in [2.24, 2.45) is 11.8 Å². The molecule has 2 rings (SSSR count). The van der Waals surface area contributed by atoms with Crippen LogP contribution in [0.2, 0.25) is 0 Å². The molecule has 0 spiro atoms. The Labute approximate surface area is 124 Å². The number of benzene rings is 1. The number of hydrogen-bond donors (Lipinski definition) is 1. The SMILES string of the molecule is CCN(CCC(C)C1CCCNC1)Cc1ccccc1. The van der Waals surface area contributed by atoms with Crippen LogP contribution in [0.15, 0.2) is 30.3 Å². The van der Waals surface area contributed by atoms with E-state index in [1.807, 2.05) is 0 Å². The van der Waals surface area contributed by atoms with Crippen molar-refractivity contribution in [1.29, 1.82) is 0 Å². The lowest BCUT2D eigenvalue weighted by Gasteiger charge is -2.30. The van der Waals surface area contributed by atoms with Gasteiger partial charge >= 0.3 is 0 Å². The zero-order chi connectivity index (χ0) is 14.2. The van der Waals surface area contributed by atoms with Crippen LogP contribution in [-0.4, -0.2) is 31.1 Å². The molecule has 1 aromatic carbocycles. The molecule has 1 saturated heterocycles. The van der Waals surface area contributed by atoms with E-state index in [2.05, 4.69) is 54.4 Å². The Hall–Kier alpha value is -0.860. The van der Waals surface area contributed by atoms with Gasteiger partial charge in [0.1, 0.15) is 0 Å². The van der Waals surface area contributed by atoms with Gasteiger partial charge in [0.15, 0.2) is 0 Å². The third-order valence-electron chi connectivity index (χ3n) is 4.74. The van der Waals surface area contributed by atoms with Crippen LogP contribution >= 0.6 is 0 Å². The van der Waals surface area contributed by atoms with E-state index < -0.39 is 0 Å². The molecule has 2 atom stereocenters. The van der Waals surface area contributed by atoms with Gasteiger partial charge in [-0.3, -0.25) is 4.90 Å². The average molecular weight is 274 g/mol. The maximum Gasteiger partial charge on any atom is 0.0233 e. The van der Waals surface area contributed by atoms with Crippen molar-refractivity contribution in [2.75, 3.05) is 26.2 Å². The highest BCUT2D eigenvalue weighted by molar-refractivity contribution is 5.14. The fourth-order valence-corrected chi connectivity index (χ4v) is 3.18. The van der Waals surface area contributed by atoms with Gasteiger partial charge in [-0.25, -0.2) is 0 Å². The average Bonchev–Trinajstić information content (AvgIpc) is 2.53. The minimum atomic E-state index is 0.840. The van der Waals surface area contributed by atoms with Crippen LogP contribution in [0.3, 0.4) is 0 Å². The van der Waals surface area contributed by atoms with E-state index in [-0.39, 0.29) is 0 Å². The van der Waals surface area contributed by atoms with E-state index in [4.69, 9.17) is 0 Å². The molecule has 1 aliphatic heterocycles. The van der Waals surface area contributed by atoms with Crippen molar-refractivity contribution in [3.8, 4) is 0 Å². The lowest BCUT2D eigenvalue weighted by Crippen LogP contribution is -2.34. The molecule has 0 saturated carbocycles. The van der Waals surface area contributed by atoms with Gasteiger partial charge in [0.25, 0.3) is 0 Å². The van der Waals surface area contributed by atoms with Crippen molar-refractivity contribution < 1.29 is 0 Å². The molecular formula is C18H30N2. The van der Waals surface area contributed by atoms with Gasteiger partial charge in [-0.1, -0.05) is 44.2 Å². The molecule has 0 aromatic heterocycles. The molecule has 1 aromatic rings. The summed E-state index contributed by atoms with van der Waals surface area (Å²) in [6, 6.07) is 10.8. The summed E-state index contributed by atoms with van der Waals surface area (Å²) < 4.78 is 0. The molecule has 20 heavy (non-hydrogen) atoms. The highest BCUT2D eigenvalue weighted by Crippen LogP contribution is 2.23. The first-order chi connectivity index (χ1) is 9.79. The molecule has 2 heteroatoms. The number of rotatable bonds is 7. The van der Waals surface area contributed by atoms with Gasteiger partial charge in [-0.15, -0.1) is 0 Å². The summed E-state index contributed by atoms with van der Waals surface area (Å²) in [4.78, 5) is 2.57. The first-order valence-electron chi connectivity index (χ1n) is 8.26. The Morgan fingerprint density at radius 1 is 1.30 bits per heavy atom. The highest BCUT2D eigenvalue weighted by atomic mass is 15.1. The molecule has 0 aliphatic carbocycles. The minimum absolute atomic E-state index is 0.840. The summed E-state index contributed by atoms with van der Waals surface area (Å²) in [7, 11) is 0. The van der Waals surface area contributed by atoms with Crippen molar-refractivity contribution in [2.45, 2.75) is 39.7 Å². The monoisotopic (exact) mass is 274 g/mol. The summed E-state index contributed by atoms with van der Waals surface area (Å²) in [5.41, 5.74) is 1.43. The minimum Gasteiger partial charge on any atom is -0.316 e. The van der Waals surface area contributed by atoms with Crippen LogP contribution in [0.5, 0.6) is 0 Å². The molecule has 1 aliphatic rings. The molecule has 1 fully saturated rings. The molecule has 112 valence electrons. The highest BCUT2D eigenvalue weighted by Gasteiger charge is 2.20. The molecule has 1 N–H and O–H groups in total. The van der Waals surface area contributed by atoms with Gasteiger partial charge in [-0.05, 0) is 62.8 Å². The van der Waals surface area contributed by atoms with Crippen molar-refractivity contribution in [1.82, 2.24) is 10.2 Å². The second kappa shape index (κ2) is 8.43. The van der Waals surface area contributed by atoms with Crippen LogP contribution < -0.4 is 5.32 Å². The summed E-state index contributed by atoms with van der Waals surface area (Å²) >= 11 is 0. The van der Waals surface area contributed by atoms with Crippen molar-refractivity contribution >= 4 is 0 Å². The Balaban J connectivity index is 1.75. The van der Waals surface area contributed by atoms with Crippen LogP contribution in [0.25, 0.3) is 0 Å². The predicted molar refractivity (Wildman–Crippen MR) is 86.8 cm³/mol. The van der Waals surface area contributed by atoms with E-state index in [0.29, 0.717) is 0 Å². The Bertz CT molecular complexity index is 357. The number of nitrogens with zero attached hydrogens (tertiary/aromatic N) is 1. The normalized spacial score (nSPS) is 21.1. The van der Waals surface area contributed by atoms with Gasteiger partial charge in [-0.2, -0.15) is 0 Å². The van der Waals surface area contributed by atoms with E-state index in [1.54, 1.807) is 0 Å². The zero-order valence-corrected chi connectivity index (χ0v) is 13.1. The first-order valence-corrected chi connectivity index (χ1v) is 8.26. The lowest BCUT2D eigenvalue weighted by molar-refractivity contribution is 0.213. The standard InChI is InChI=1S/C18H30N2/c1-3-20(15-17-8-5-4-6-9-17)13-11-16(2)18-10-7-12-19-14-18/h4-6,8-9,16,18-19H,3,7,10-15H2,1-2H3. The summed E-state index contributed by atoms with van der Waals surface area (Å²) in [5.74, 6) is 1.73. The Morgan fingerprint density at radius 3 is 2.75 bits per heavy atom. The van der Waals surface area contributed by atoms with Crippen LogP contribution in [-0.2, 0) is 6.54 Å².